The van der Waals surface area contributed by atoms with Crippen LogP contribution in [-0.4, -0.2) is 27.8 Å². The lowest BCUT2D eigenvalue weighted by Gasteiger charge is -2.45. The smallest absolute Gasteiger partial charge is 0.251 e. The summed E-state index contributed by atoms with van der Waals surface area (Å²) in [6.07, 6.45) is 11.2. The average Bonchev–Trinajstić information content (AvgIpc) is 2.97. The topological polar surface area (TPSA) is 40.5 Å². The van der Waals surface area contributed by atoms with Crippen molar-refractivity contribution in [3.05, 3.63) is 35.5 Å². The summed E-state index contributed by atoms with van der Waals surface area (Å²) in [5.74, 6) is -2.17. The second-order valence-corrected chi connectivity index (χ2v) is 11.6. The predicted molar refractivity (Wildman–Crippen MR) is 123 cm³/mol. The Morgan fingerprint density at radius 3 is 2.58 bits per heavy atom. The van der Waals surface area contributed by atoms with Gasteiger partial charge in [-0.2, -0.15) is 0 Å². The lowest BCUT2D eigenvalue weighted by molar-refractivity contribution is -0.0949. The summed E-state index contributed by atoms with van der Waals surface area (Å²) in [5.41, 5.74) is 2.46. The highest BCUT2D eigenvalue weighted by Crippen LogP contribution is 2.60. The SMILES string of the molecule is C=C1CC[C@H](O)CC1=CC=C1CCC[C@@]2(C)C1CC[C@@H]2[C@H](C)CC(F)(F)CC(C)(C)O. The summed E-state index contributed by atoms with van der Waals surface area (Å²) >= 11 is 0. The fraction of sp³-hybridized carbons (Fsp3) is 0.778. The van der Waals surface area contributed by atoms with Crippen LogP contribution in [0.2, 0.25) is 0 Å². The van der Waals surface area contributed by atoms with Gasteiger partial charge in [0.2, 0.25) is 0 Å². The van der Waals surface area contributed by atoms with Gasteiger partial charge < -0.3 is 10.2 Å². The van der Waals surface area contributed by atoms with Crippen LogP contribution in [0.3, 0.4) is 0 Å². The van der Waals surface area contributed by atoms with Crippen LogP contribution in [0.4, 0.5) is 8.78 Å². The molecule has 3 rings (SSSR count). The van der Waals surface area contributed by atoms with Crippen molar-refractivity contribution in [3.63, 3.8) is 0 Å². The molecule has 0 aliphatic heterocycles. The molecule has 0 saturated heterocycles. The second-order valence-electron chi connectivity index (χ2n) is 11.6. The standard InChI is InChI=1S/C27H42F2O2/c1-18-8-11-22(30)15-21(18)10-9-20-7-6-14-26(5)23(12-13-24(20)26)19(2)16-27(28,29)17-25(3,4)31/h9-10,19,22-24,30-31H,1,6-8,11-17H2,2-5H3/t19-,22+,23-,24?,26-/m1/s1. The maximum atomic E-state index is 14.6. The number of hydrogen-bond donors (Lipinski definition) is 2. The van der Waals surface area contributed by atoms with Gasteiger partial charge in [-0.05, 0) is 94.0 Å². The molecule has 3 saturated carbocycles. The molecule has 0 bridgehead atoms. The molecule has 176 valence electrons. The third-order valence-electron chi connectivity index (χ3n) is 8.22. The normalized spacial score (nSPS) is 36.1. The molecular weight excluding hydrogens is 394 g/mol. The summed E-state index contributed by atoms with van der Waals surface area (Å²) in [6, 6.07) is 0. The first-order valence-electron chi connectivity index (χ1n) is 12.2. The number of aliphatic hydroxyl groups is 2. The molecule has 31 heavy (non-hydrogen) atoms. The van der Waals surface area contributed by atoms with Crippen molar-refractivity contribution < 1.29 is 19.0 Å². The van der Waals surface area contributed by atoms with Crippen LogP contribution in [-0.2, 0) is 0 Å². The molecule has 5 atom stereocenters. The van der Waals surface area contributed by atoms with Crippen LogP contribution >= 0.6 is 0 Å². The van der Waals surface area contributed by atoms with Gasteiger partial charge in [-0.25, -0.2) is 8.78 Å². The third kappa shape index (κ3) is 5.87. The van der Waals surface area contributed by atoms with Crippen molar-refractivity contribution in [1.29, 1.82) is 0 Å². The van der Waals surface area contributed by atoms with Gasteiger partial charge in [-0.1, -0.05) is 43.7 Å². The quantitative estimate of drug-likeness (QED) is 0.471. The van der Waals surface area contributed by atoms with Gasteiger partial charge in [-0.15, -0.1) is 0 Å². The third-order valence-corrected chi connectivity index (χ3v) is 8.22. The van der Waals surface area contributed by atoms with Gasteiger partial charge in [0.05, 0.1) is 11.7 Å². The van der Waals surface area contributed by atoms with Crippen molar-refractivity contribution in [1.82, 2.24) is 0 Å². The predicted octanol–water partition coefficient (Wildman–Crippen LogP) is 6.98. The van der Waals surface area contributed by atoms with E-state index < -0.39 is 17.9 Å². The second kappa shape index (κ2) is 9.09. The number of aliphatic hydroxyl groups excluding tert-OH is 1. The zero-order valence-corrected chi connectivity index (χ0v) is 19.9. The van der Waals surface area contributed by atoms with Crippen molar-refractivity contribution in [2.45, 2.75) is 110 Å². The van der Waals surface area contributed by atoms with E-state index in [0.717, 1.165) is 56.1 Å². The Hall–Kier alpha value is -1.00. The zero-order chi connectivity index (χ0) is 23.0. The van der Waals surface area contributed by atoms with Gasteiger partial charge in [0.25, 0.3) is 5.92 Å². The largest absolute Gasteiger partial charge is 0.393 e. The Balaban J connectivity index is 1.74. The molecule has 0 heterocycles. The summed E-state index contributed by atoms with van der Waals surface area (Å²) in [4.78, 5) is 0. The Bertz CT molecular complexity index is 730. The molecule has 2 N–H and O–H groups in total. The maximum absolute atomic E-state index is 14.6. The van der Waals surface area contributed by atoms with Crippen LogP contribution < -0.4 is 0 Å². The van der Waals surface area contributed by atoms with Gasteiger partial charge in [0.1, 0.15) is 0 Å². The zero-order valence-electron chi connectivity index (χ0n) is 19.9. The van der Waals surface area contributed by atoms with Crippen LogP contribution in [0.25, 0.3) is 0 Å². The number of hydrogen-bond acceptors (Lipinski definition) is 2. The minimum absolute atomic E-state index is 0.0654. The molecule has 3 aliphatic carbocycles. The van der Waals surface area contributed by atoms with Crippen molar-refractivity contribution in [3.8, 4) is 0 Å². The molecular formula is C27H42F2O2. The molecule has 1 unspecified atom stereocenters. The van der Waals surface area contributed by atoms with Gasteiger partial charge >= 0.3 is 0 Å². The number of rotatable bonds is 6. The molecule has 2 nitrogen and oxygen atoms in total. The van der Waals surface area contributed by atoms with E-state index in [1.807, 2.05) is 6.92 Å². The van der Waals surface area contributed by atoms with E-state index in [9.17, 15) is 19.0 Å². The van der Waals surface area contributed by atoms with Crippen molar-refractivity contribution in [2.24, 2.45) is 23.2 Å². The van der Waals surface area contributed by atoms with Crippen LogP contribution in [0.1, 0.15) is 91.9 Å². The average molecular weight is 437 g/mol. The summed E-state index contributed by atoms with van der Waals surface area (Å²) < 4.78 is 29.3. The van der Waals surface area contributed by atoms with E-state index in [0.29, 0.717) is 12.3 Å². The Kier molecular flexibility index (Phi) is 7.23. The van der Waals surface area contributed by atoms with Crippen LogP contribution in [0.15, 0.2) is 35.5 Å². The van der Waals surface area contributed by atoms with Crippen LogP contribution in [0.5, 0.6) is 0 Å². The summed E-state index contributed by atoms with van der Waals surface area (Å²) in [6.45, 7) is 11.4. The van der Waals surface area contributed by atoms with E-state index in [1.54, 1.807) is 0 Å². The number of fused-ring (bicyclic) bond motifs is 1. The first-order valence-corrected chi connectivity index (χ1v) is 12.2. The lowest BCUT2D eigenvalue weighted by atomic mass is 9.60. The Morgan fingerprint density at radius 2 is 1.90 bits per heavy atom. The Labute approximate surface area is 187 Å². The highest BCUT2D eigenvalue weighted by molar-refractivity contribution is 5.36. The minimum Gasteiger partial charge on any atom is -0.393 e. The molecule has 0 amide bonds. The van der Waals surface area contributed by atoms with E-state index in [1.165, 1.54) is 19.4 Å². The van der Waals surface area contributed by atoms with E-state index in [4.69, 9.17) is 0 Å². The van der Waals surface area contributed by atoms with Crippen molar-refractivity contribution in [2.75, 3.05) is 0 Å². The van der Waals surface area contributed by atoms with Gasteiger partial charge in [0, 0.05) is 12.8 Å². The fourth-order valence-electron chi connectivity index (χ4n) is 6.93. The molecule has 3 fully saturated rings. The lowest BCUT2D eigenvalue weighted by Crippen LogP contribution is -2.39. The molecule has 0 aromatic rings. The number of allylic oxidation sites excluding steroid dienone is 4. The minimum atomic E-state index is -2.84. The molecule has 4 heteroatoms. The summed E-state index contributed by atoms with van der Waals surface area (Å²) in [5, 5.41) is 19.9. The molecule has 0 aromatic carbocycles. The number of alkyl halides is 2. The Morgan fingerprint density at radius 1 is 1.19 bits per heavy atom. The van der Waals surface area contributed by atoms with Gasteiger partial charge in [0.15, 0.2) is 0 Å². The number of halogens is 2. The first kappa shape index (κ1) is 24.6. The highest BCUT2D eigenvalue weighted by atomic mass is 19.3. The van der Waals surface area contributed by atoms with Crippen LogP contribution in [0, 0.1) is 23.2 Å². The molecule has 0 spiro atoms. The fourth-order valence-corrected chi connectivity index (χ4v) is 6.93. The monoisotopic (exact) mass is 436 g/mol. The molecule has 0 aromatic heterocycles. The first-order chi connectivity index (χ1) is 14.3. The van der Waals surface area contributed by atoms with E-state index in [2.05, 4.69) is 25.7 Å². The highest BCUT2D eigenvalue weighted by Gasteiger charge is 2.52. The summed E-state index contributed by atoms with van der Waals surface area (Å²) in [7, 11) is 0. The molecule has 0 radical (unpaired) electrons. The van der Waals surface area contributed by atoms with E-state index in [-0.39, 0.29) is 29.8 Å². The van der Waals surface area contributed by atoms with Gasteiger partial charge in [-0.3, -0.25) is 0 Å². The van der Waals surface area contributed by atoms with E-state index >= 15 is 0 Å². The molecule has 3 aliphatic rings. The maximum Gasteiger partial charge on any atom is 0.251 e. The van der Waals surface area contributed by atoms with Crippen molar-refractivity contribution >= 4 is 0 Å².